The maximum atomic E-state index is 12.5. The number of ether oxygens (including phenoxy) is 1. The summed E-state index contributed by atoms with van der Waals surface area (Å²) < 4.78 is 36.4. The van der Waals surface area contributed by atoms with E-state index >= 15 is 0 Å². The second kappa shape index (κ2) is 7.00. The fourth-order valence-electron chi connectivity index (χ4n) is 5.89. The highest BCUT2D eigenvalue weighted by molar-refractivity contribution is 7.85. The third kappa shape index (κ3) is 3.41. The van der Waals surface area contributed by atoms with E-state index in [2.05, 4.69) is 6.92 Å². The van der Waals surface area contributed by atoms with Crippen molar-refractivity contribution in [2.45, 2.75) is 58.3 Å². The Labute approximate surface area is 171 Å². The molecule has 2 fully saturated rings. The molecule has 0 saturated heterocycles. The number of fused-ring (bicyclic) bond motifs is 5. The lowest BCUT2D eigenvalue weighted by molar-refractivity contribution is -0.129. The number of nitrogens with one attached hydrogen (secondary N) is 1. The first-order valence-electron chi connectivity index (χ1n) is 10.1. The van der Waals surface area contributed by atoms with Crippen LogP contribution in [0.15, 0.2) is 12.1 Å². The lowest BCUT2D eigenvalue weighted by Crippen LogP contribution is -2.42. The van der Waals surface area contributed by atoms with E-state index in [1.54, 1.807) is 10.8 Å². The molecule has 29 heavy (non-hydrogen) atoms. The van der Waals surface area contributed by atoms with E-state index in [9.17, 15) is 18.0 Å². The van der Waals surface area contributed by atoms with Gasteiger partial charge in [-0.1, -0.05) is 6.92 Å². The summed E-state index contributed by atoms with van der Waals surface area (Å²) in [5.74, 6) is 1.33. The monoisotopic (exact) mass is 421 g/mol. The van der Waals surface area contributed by atoms with Gasteiger partial charge in [-0.15, -0.1) is 0 Å². The Kier molecular flexibility index (Phi) is 4.88. The Balaban J connectivity index is 1.66. The number of hydrogen-bond donors (Lipinski definition) is 1. The topological polar surface area (TPSA) is 98.8 Å². The predicted molar refractivity (Wildman–Crippen MR) is 106 cm³/mol. The normalized spacial score (nSPS) is 30.7. The molecule has 1 amide bonds. The molecule has 0 heterocycles. The summed E-state index contributed by atoms with van der Waals surface area (Å²) in [7, 11) is -2.79. The van der Waals surface area contributed by atoms with Gasteiger partial charge in [-0.05, 0) is 73.1 Å². The van der Waals surface area contributed by atoms with Crippen molar-refractivity contribution >= 4 is 22.0 Å². The van der Waals surface area contributed by atoms with Crippen LogP contribution in [0.2, 0.25) is 0 Å². The van der Waals surface area contributed by atoms with Gasteiger partial charge in [0.1, 0.15) is 5.78 Å². The van der Waals surface area contributed by atoms with E-state index in [1.807, 2.05) is 6.07 Å². The van der Waals surface area contributed by atoms with Crippen molar-refractivity contribution in [3.05, 3.63) is 23.3 Å². The number of Topliss-reactive ketones (excluding diaryl/α,β-unsaturated/α-hetero) is 1. The van der Waals surface area contributed by atoms with Gasteiger partial charge in [0, 0.05) is 18.8 Å². The van der Waals surface area contributed by atoms with Gasteiger partial charge in [-0.25, -0.2) is 4.72 Å². The van der Waals surface area contributed by atoms with E-state index in [0.29, 0.717) is 35.7 Å². The molecule has 158 valence electrons. The molecule has 1 N–H and O–H groups in total. The van der Waals surface area contributed by atoms with Crippen molar-refractivity contribution in [2.24, 2.45) is 17.3 Å². The quantitative estimate of drug-likeness (QED) is 0.803. The van der Waals surface area contributed by atoms with Crippen molar-refractivity contribution in [3.8, 4) is 11.5 Å². The Morgan fingerprint density at radius 3 is 2.62 bits per heavy atom. The number of amides is 1. The molecule has 2 saturated carbocycles. The van der Waals surface area contributed by atoms with Gasteiger partial charge >= 0.3 is 10.3 Å². The third-order valence-electron chi connectivity index (χ3n) is 7.19. The molecular weight excluding hydrogens is 394 g/mol. The Morgan fingerprint density at radius 2 is 1.93 bits per heavy atom. The molecule has 3 aliphatic rings. The van der Waals surface area contributed by atoms with E-state index in [4.69, 9.17) is 8.92 Å². The second-order valence-electron chi connectivity index (χ2n) is 8.73. The van der Waals surface area contributed by atoms with Crippen LogP contribution in [0.3, 0.4) is 0 Å². The lowest BCUT2D eigenvalue weighted by atomic mass is 9.55. The van der Waals surface area contributed by atoms with E-state index < -0.39 is 16.2 Å². The van der Waals surface area contributed by atoms with Gasteiger partial charge in [0.2, 0.25) is 5.91 Å². The van der Waals surface area contributed by atoms with Crippen molar-refractivity contribution in [2.75, 3.05) is 7.11 Å². The van der Waals surface area contributed by atoms with E-state index in [-0.39, 0.29) is 11.2 Å². The van der Waals surface area contributed by atoms with Gasteiger partial charge in [-0.2, -0.15) is 8.42 Å². The van der Waals surface area contributed by atoms with E-state index in [0.717, 1.165) is 44.6 Å². The smallest absolute Gasteiger partial charge is 0.409 e. The molecule has 1 aromatic carbocycles. The molecule has 0 aliphatic heterocycles. The molecule has 1 aromatic rings. The van der Waals surface area contributed by atoms with Crippen molar-refractivity contribution < 1.29 is 26.9 Å². The number of carbonyl (C=O) groups excluding carboxylic acids is 2. The molecule has 7 nitrogen and oxygen atoms in total. The number of aryl methyl sites for hydroxylation is 1. The average molecular weight is 422 g/mol. The summed E-state index contributed by atoms with van der Waals surface area (Å²) in [6, 6.07) is 3.60. The molecule has 3 aliphatic carbocycles. The van der Waals surface area contributed by atoms with Crippen molar-refractivity contribution in [3.63, 3.8) is 0 Å². The molecule has 0 aromatic heterocycles. The SMILES string of the molecule is COc1cc2c(cc1OS(=O)(=O)NC(C)=O)CC[C@@H]1[C@@H]2CC[C@]2(C)C(=O)CC[C@@H]12. The Morgan fingerprint density at radius 1 is 1.17 bits per heavy atom. The zero-order valence-electron chi connectivity index (χ0n) is 17.0. The highest BCUT2D eigenvalue weighted by Crippen LogP contribution is 2.60. The largest absolute Gasteiger partial charge is 0.493 e. The fourth-order valence-corrected chi connectivity index (χ4v) is 6.65. The third-order valence-corrected chi connectivity index (χ3v) is 8.12. The first-order chi connectivity index (χ1) is 13.6. The highest BCUT2D eigenvalue weighted by atomic mass is 32.2. The van der Waals surface area contributed by atoms with Gasteiger partial charge < -0.3 is 8.92 Å². The molecule has 0 spiro atoms. The Hall–Kier alpha value is -2.09. The van der Waals surface area contributed by atoms with Crippen molar-refractivity contribution in [1.29, 1.82) is 0 Å². The summed E-state index contributed by atoms with van der Waals surface area (Å²) in [4.78, 5) is 23.6. The Bertz CT molecular complexity index is 972. The minimum Gasteiger partial charge on any atom is -0.493 e. The lowest BCUT2D eigenvalue weighted by Gasteiger charge is -2.48. The van der Waals surface area contributed by atoms with Crippen LogP contribution in [-0.2, 0) is 26.3 Å². The average Bonchev–Trinajstić information content (AvgIpc) is 2.94. The summed E-state index contributed by atoms with van der Waals surface area (Å²) in [6.07, 6.45) is 5.29. The van der Waals surface area contributed by atoms with Crippen LogP contribution in [-0.4, -0.2) is 27.2 Å². The molecule has 4 atom stereocenters. The van der Waals surface area contributed by atoms with Crippen LogP contribution >= 0.6 is 0 Å². The van der Waals surface area contributed by atoms with Gasteiger partial charge in [0.15, 0.2) is 11.5 Å². The van der Waals surface area contributed by atoms with E-state index in [1.165, 1.54) is 12.7 Å². The first-order valence-corrected chi connectivity index (χ1v) is 11.5. The summed E-state index contributed by atoms with van der Waals surface area (Å²) in [5.41, 5.74) is 2.04. The number of benzene rings is 1. The maximum absolute atomic E-state index is 12.5. The molecule has 4 rings (SSSR count). The van der Waals surface area contributed by atoms with Gasteiger partial charge in [0.05, 0.1) is 7.11 Å². The second-order valence-corrected chi connectivity index (χ2v) is 10.0. The zero-order valence-corrected chi connectivity index (χ0v) is 17.8. The minimum absolute atomic E-state index is 0.0788. The molecule has 0 bridgehead atoms. The molecule has 0 unspecified atom stereocenters. The van der Waals surface area contributed by atoms with Crippen LogP contribution in [0.25, 0.3) is 0 Å². The van der Waals surface area contributed by atoms with Crippen molar-refractivity contribution in [1.82, 2.24) is 4.72 Å². The number of methoxy groups -OCH3 is 1. The molecule has 0 radical (unpaired) electrons. The molecular formula is C21H27NO6S. The minimum atomic E-state index is -4.26. The fraction of sp³-hybridized carbons (Fsp3) is 0.619. The van der Waals surface area contributed by atoms with Crippen LogP contribution in [0, 0.1) is 17.3 Å². The van der Waals surface area contributed by atoms with Gasteiger partial charge in [0.25, 0.3) is 0 Å². The summed E-state index contributed by atoms with van der Waals surface area (Å²) >= 11 is 0. The number of ketones is 1. The molecule has 8 heteroatoms. The number of carbonyl (C=O) groups is 2. The maximum Gasteiger partial charge on any atom is 0.409 e. The van der Waals surface area contributed by atoms with Crippen LogP contribution in [0.1, 0.15) is 63.0 Å². The first kappa shape index (κ1) is 20.2. The predicted octanol–water partition coefficient (Wildman–Crippen LogP) is 2.88. The van der Waals surface area contributed by atoms with Crippen LogP contribution in [0.4, 0.5) is 0 Å². The number of rotatable bonds is 4. The summed E-state index contributed by atoms with van der Waals surface area (Å²) in [5, 5.41) is 0. The zero-order chi connectivity index (χ0) is 21.0. The number of hydrogen-bond acceptors (Lipinski definition) is 6. The van der Waals surface area contributed by atoms with Crippen LogP contribution in [0.5, 0.6) is 11.5 Å². The standard InChI is InChI=1S/C21H27NO6S/c1-12(23)22-29(25,26)28-19-10-13-4-5-15-14(16(13)11-18(19)27-3)8-9-21(2)17(15)6-7-20(21)24/h10-11,14-15,17H,4-9H2,1-3H3,(H,22,23)/t14-,15+,17-,21-/m0/s1. The van der Waals surface area contributed by atoms with Crippen LogP contribution < -0.4 is 13.6 Å². The van der Waals surface area contributed by atoms with Gasteiger partial charge in [-0.3, -0.25) is 9.59 Å². The highest BCUT2D eigenvalue weighted by Gasteiger charge is 2.54. The summed E-state index contributed by atoms with van der Waals surface area (Å²) in [6.45, 7) is 3.25.